The summed E-state index contributed by atoms with van der Waals surface area (Å²) < 4.78 is 10.5. The topological polar surface area (TPSA) is 103 Å². The summed E-state index contributed by atoms with van der Waals surface area (Å²) in [4.78, 5) is 22.6. The highest BCUT2D eigenvalue weighted by Gasteiger charge is 2.15. The summed E-state index contributed by atoms with van der Waals surface area (Å²) in [6.45, 7) is 5.59. The van der Waals surface area contributed by atoms with Crippen molar-refractivity contribution in [2.75, 3.05) is 13.2 Å². The third kappa shape index (κ3) is 8.06. The van der Waals surface area contributed by atoms with Crippen LogP contribution in [0.4, 0.5) is 4.79 Å². The Morgan fingerprint density at radius 1 is 1.25 bits per heavy atom. The van der Waals surface area contributed by atoms with Crippen LogP contribution in [0, 0.1) is 11.8 Å². The molecule has 24 heavy (non-hydrogen) atoms. The lowest BCUT2D eigenvalue weighted by Gasteiger charge is -2.19. The van der Waals surface area contributed by atoms with Crippen LogP contribution in [-0.4, -0.2) is 30.8 Å². The Morgan fingerprint density at radius 2 is 1.96 bits per heavy atom. The van der Waals surface area contributed by atoms with Gasteiger partial charge in [-0.05, 0) is 32.9 Å². The average Bonchev–Trinajstić information content (AvgIpc) is 2.51. The number of para-hydroxylation sites is 1. The number of carbonyl (C=O) groups is 2. The number of ether oxygens (including phenoxy) is 2. The summed E-state index contributed by atoms with van der Waals surface area (Å²) in [5.41, 5.74) is 2.12. The number of hydrogen-bond donors (Lipinski definition) is 3. The lowest BCUT2D eigenvalue weighted by Crippen LogP contribution is -2.34. The number of nitrogens with one attached hydrogen (secondary N) is 2. The maximum Gasteiger partial charge on any atom is 0.407 e. The molecule has 0 aliphatic rings. The number of hydrazine groups is 1. The predicted molar refractivity (Wildman–Crippen MR) is 90.0 cm³/mol. The first-order chi connectivity index (χ1) is 11.3. The quantitative estimate of drug-likeness (QED) is 0.248. The van der Waals surface area contributed by atoms with Crippen molar-refractivity contribution < 1.29 is 19.1 Å². The van der Waals surface area contributed by atoms with E-state index in [0.29, 0.717) is 24.3 Å². The molecular weight excluding hydrogens is 310 g/mol. The largest absolute Gasteiger partial charge is 0.482 e. The second-order valence-corrected chi connectivity index (χ2v) is 5.83. The second kappa shape index (κ2) is 9.43. The average molecular weight is 333 g/mol. The number of nitrogens with two attached hydrogens (primary N) is 1. The monoisotopic (exact) mass is 333 g/mol. The molecule has 7 heteroatoms. The SMILES string of the molecule is CC(C)(C)OC(=O)NCCC#Cc1ccccc1OCC(=O)NN. The van der Waals surface area contributed by atoms with Gasteiger partial charge in [-0.3, -0.25) is 10.2 Å². The molecule has 0 unspecified atom stereocenters. The number of benzene rings is 1. The molecule has 0 aromatic heterocycles. The van der Waals surface area contributed by atoms with E-state index in [9.17, 15) is 9.59 Å². The van der Waals surface area contributed by atoms with Crippen LogP contribution in [-0.2, 0) is 9.53 Å². The maximum absolute atomic E-state index is 11.5. The Hall–Kier alpha value is -2.72. The minimum absolute atomic E-state index is 0.185. The molecule has 1 aromatic rings. The first-order valence-electron chi connectivity index (χ1n) is 7.49. The van der Waals surface area contributed by atoms with Crippen LogP contribution in [0.3, 0.4) is 0 Å². The van der Waals surface area contributed by atoms with E-state index in [1.54, 1.807) is 39.0 Å². The number of amides is 2. The molecule has 1 aromatic carbocycles. The molecular formula is C17H23N3O4. The number of carbonyl (C=O) groups excluding carboxylic acids is 2. The zero-order valence-electron chi connectivity index (χ0n) is 14.1. The van der Waals surface area contributed by atoms with Crippen molar-refractivity contribution in [3.05, 3.63) is 29.8 Å². The van der Waals surface area contributed by atoms with Gasteiger partial charge in [-0.15, -0.1) is 0 Å². The highest BCUT2D eigenvalue weighted by molar-refractivity contribution is 5.76. The van der Waals surface area contributed by atoms with Crippen LogP contribution in [0.15, 0.2) is 24.3 Å². The van der Waals surface area contributed by atoms with Gasteiger partial charge in [0, 0.05) is 13.0 Å². The Morgan fingerprint density at radius 3 is 2.62 bits per heavy atom. The first-order valence-corrected chi connectivity index (χ1v) is 7.49. The molecule has 1 rings (SSSR count). The first kappa shape index (κ1) is 19.3. The summed E-state index contributed by atoms with van der Waals surface area (Å²) in [5.74, 6) is 10.9. The van der Waals surface area contributed by atoms with Crippen LogP contribution < -0.4 is 21.3 Å². The number of hydrogen-bond acceptors (Lipinski definition) is 5. The zero-order valence-corrected chi connectivity index (χ0v) is 14.1. The van der Waals surface area contributed by atoms with Gasteiger partial charge in [0.05, 0.1) is 5.56 Å². The van der Waals surface area contributed by atoms with E-state index >= 15 is 0 Å². The smallest absolute Gasteiger partial charge is 0.407 e. The molecule has 4 N–H and O–H groups in total. The molecule has 0 saturated carbocycles. The van der Waals surface area contributed by atoms with E-state index in [-0.39, 0.29) is 6.61 Å². The third-order valence-electron chi connectivity index (χ3n) is 2.55. The van der Waals surface area contributed by atoms with E-state index in [1.165, 1.54) is 0 Å². The molecule has 2 amide bonds. The Kier molecular flexibility index (Phi) is 7.59. The second-order valence-electron chi connectivity index (χ2n) is 5.83. The number of rotatable bonds is 5. The minimum atomic E-state index is -0.526. The molecule has 0 heterocycles. The highest BCUT2D eigenvalue weighted by atomic mass is 16.6. The van der Waals surface area contributed by atoms with Gasteiger partial charge in [-0.25, -0.2) is 10.6 Å². The molecule has 0 fully saturated rings. The van der Waals surface area contributed by atoms with Crippen molar-refractivity contribution in [2.24, 2.45) is 5.84 Å². The van der Waals surface area contributed by atoms with Gasteiger partial charge in [0.2, 0.25) is 0 Å². The fourth-order valence-electron chi connectivity index (χ4n) is 1.58. The summed E-state index contributed by atoms with van der Waals surface area (Å²) in [6.07, 6.45) is -0.0162. The zero-order chi connectivity index (χ0) is 18.0. The van der Waals surface area contributed by atoms with Crippen molar-refractivity contribution in [3.8, 4) is 17.6 Å². The van der Waals surface area contributed by atoms with Crippen LogP contribution in [0.5, 0.6) is 5.75 Å². The fourth-order valence-corrected chi connectivity index (χ4v) is 1.58. The van der Waals surface area contributed by atoms with Gasteiger partial charge in [0.25, 0.3) is 5.91 Å². The van der Waals surface area contributed by atoms with Gasteiger partial charge in [-0.2, -0.15) is 0 Å². The Labute approximate surface area is 141 Å². The summed E-state index contributed by atoms with van der Waals surface area (Å²) in [6, 6.07) is 7.10. The Bertz CT molecular complexity index is 627. The molecule has 7 nitrogen and oxygen atoms in total. The van der Waals surface area contributed by atoms with Gasteiger partial charge >= 0.3 is 6.09 Å². The lowest BCUT2D eigenvalue weighted by molar-refractivity contribution is -0.123. The van der Waals surface area contributed by atoms with Gasteiger partial charge in [-0.1, -0.05) is 24.0 Å². The molecule has 0 bridgehead atoms. The van der Waals surface area contributed by atoms with Gasteiger partial charge in [0.15, 0.2) is 6.61 Å². The molecule has 0 aliphatic carbocycles. The molecule has 130 valence electrons. The molecule has 0 saturated heterocycles. The summed E-state index contributed by atoms with van der Waals surface area (Å²) >= 11 is 0. The van der Waals surface area contributed by atoms with Gasteiger partial charge < -0.3 is 14.8 Å². The van der Waals surface area contributed by atoms with Gasteiger partial charge in [0.1, 0.15) is 11.4 Å². The number of alkyl carbamates (subject to hydrolysis) is 1. The van der Waals surface area contributed by atoms with Crippen molar-refractivity contribution in [1.29, 1.82) is 0 Å². The minimum Gasteiger partial charge on any atom is -0.482 e. The van der Waals surface area contributed by atoms with Crippen molar-refractivity contribution in [2.45, 2.75) is 32.8 Å². The van der Waals surface area contributed by atoms with E-state index < -0.39 is 17.6 Å². The van der Waals surface area contributed by atoms with E-state index in [0.717, 1.165) is 0 Å². The molecule has 0 spiro atoms. The standard InChI is InChI=1S/C17H23N3O4/c1-17(2,3)24-16(22)19-11-7-6-9-13-8-4-5-10-14(13)23-12-15(21)20-18/h4-5,8,10H,7,11-12,18H2,1-3H3,(H,19,22)(H,20,21). The summed E-state index contributed by atoms with van der Waals surface area (Å²) in [5, 5.41) is 2.63. The van der Waals surface area contributed by atoms with Crippen LogP contribution in [0.1, 0.15) is 32.8 Å². The fraction of sp³-hybridized carbons (Fsp3) is 0.412. The summed E-state index contributed by atoms with van der Waals surface area (Å²) in [7, 11) is 0. The lowest BCUT2D eigenvalue weighted by atomic mass is 10.2. The molecule has 0 atom stereocenters. The normalized spacial score (nSPS) is 10.2. The van der Waals surface area contributed by atoms with E-state index in [2.05, 4.69) is 17.2 Å². The molecule has 0 radical (unpaired) electrons. The van der Waals surface area contributed by atoms with E-state index in [1.807, 2.05) is 11.5 Å². The Balaban J connectivity index is 2.49. The third-order valence-corrected chi connectivity index (χ3v) is 2.55. The predicted octanol–water partition coefficient (Wildman–Crippen LogP) is 1.32. The van der Waals surface area contributed by atoms with E-state index in [4.69, 9.17) is 15.3 Å². The highest BCUT2D eigenvalue weighted by Crippen LogP contribution is 2.16. The maximum atomic E-state index is 11.5. The van der Waals surface area contributed by atoms with Crippen molar-refractivity contribution in [1.82, 2.24) is 10.7 Å². The van der Waals surface area contributed by atoms with Crippen LogP contribution in [0.25, 0.3) is 0 Å². The van der Waals surface area contributed by atoms with Crippen molar-refractivity contribution >= 4 is 12.0 Å². The van der Waals surface area contributed by atoms with Crippen LogP contribution in [0.2, 0.25) is 0 Å². The van der Waals surface area contributed by atoms with Crippen LogP contribution >= 0.6 is 0 Å². The molecule has 0 aliphatic heterocycles. The van der Waals surface area contributed by atoms with Crippen molar-refractivity contribution in [3.63, 3.8) is 0 Å².